The zero-order valence-electron chi connectivity index (χ0n) is 9.48. The summed E-state index contributed by atoms with van der Waals surface area (Å²) < 4.78 is 2.82. The van der Waals surface area contributed by atoms with Crippen LogP contribution in [0.25, 0.3) is 0 Å². The quantitative estimate of drug-likeness (QED) is 0.929. The van der Waals surface area contributed by atoms with Crippen molar-refractivity contribution in [3.05, 3.63) is 33.0 Å². The van der Waals surface area contributed by atoms with Gasteiger partial charge in [0.25, 0.3) is 0 Å². The normalized spacial score (nSPS) is 18.6. The van der Waals surface area contributed by atoms with Gasteiger partial charge in [-0.1, -0.05) is 11.6 Å². The third-order valence-corrected chi connectivity index (χ3v) is 4.50. The average molecular weight is 269 g/mol. The second-order valence-corrected chi connectivity index (χ2v) is 6.03. The molecule has 1 aliphatic carbocycles. The lowest BCUT2D eigenvalue weighted by Gasteiger charge is -2.12. The molecule has 0 saturated carbocycles. The minimum Gasteiger partial charge on any atom is -0.320 e. The fourth-order valence-corrected chi connectivity index (χ4v) is 3.58. The van der Waals surface area contributed by atoms with E-state index >= 15 is 0 Å². The maximum atomic E-state index is 6.03. The summed E-state index contributed by atoms with van der Waals surface area (Å²) in [5, 5.41) is 11.5. The van der Waals surface area contributed by atoms with Gasteiger partial charge in [-0.05, 0) is 24.5 Å². The predicted molar refractivity (Wildman–Crippen MR) is 68.2 cm³/mol. The van der Waals surface area contributed by atoms with Gasteiger partial charge in [-0.3, -0.25) is 0 Å². The van der Waals surface area contributed by atoms with E-state index in [4.69, 9.17) is 11.6 Å². The fraction of sp³-hybridized carbons (Fsp3) is 0.455. The van der Waals surface area contributed by atoms with Crippen molar-refractivity contribution in [1.82, 2.24) is 20.1 Å². The molecule has 2 aromatic rings. The number of aromatic nitrogens is 3. The van der Waals surface area contributed by atoms with Crippen molar-refractivity contribution in [2.24, 2.45) is 7.05 Å². The molecular weight excluding hydrogens is 256 g/mol. The van der Waals surface area contributed by atoms with Gasteiger partial charge in [-0.15, -0.1) is 21.5 Å². The summed E-state index contributed by atoms with van der Waals surface area (Å²) >= 11 is 7.73. The molecule has 0 saturated heterocycles. The van der Waals surface area contributed by atoms with Crippen molar-refractivity contribution in [2.75, 3.05) is 0 Å². The molecule has 6 heteroatoms. The highest BCUT2D eigenvalue weighted by molar-refractivity contribution is 7.16. The van der Waals surface area contributed by atoms with Crippen molar-refractivity contribution in [2.45, 2.75) is 25.4 Å². The number of fused-ring (bicyclic) bond motifs is 1. The van der Waals surface area contributed by atoms with E-state index in [2.05, 4.69) is 21.6 Å². The van der Waals surface area contributed by atoms with Crippen LogP contribution in [0.2, 0.25) is 4.34 Å². The molecule has 2 aromatic heterocycles. The molecule has 3 rings (SSSR count). The average Bonchev–Trinajstić information content (AvgIpc) is 2.93. The van der Waals surface area contributed by atoms with Crippen LogP contribution in [0.3, 0.4) is 0 Å². The lowest BCUT2D eigenvalue weighted by molar-refractivity contribution is 0.511. The zero-order chi connectivity index (χ0) is 11.8. The highest BCUT2D eigenvalue weighted by Gasteiger charge is 2.24. The number of hydrogen-bond donors (Lipinski definition) is 1. The lowest BCUT2D eigenvalue weighted by atomic mass is 10.2. The van der Waals surface area contributed by atoms with Crippen LogP contribution in [0.5, 0.6) is 0 Å². The Morgan fingerprint density at radius 1 is 1.65 bits per heavy atom. The van der Waals surface area contributed by atoms with Crippen LogP contribution in [0.1, 0.15) is 28.7 Å². The van der Waals surface area contributed by atoms with E-state index in [-0.39, 0.29) is 0 Å². The molecule has 1 aliphatic rings. The van der Waals surface area contributed by atoms with Crippen LogP contribution in [-0.2, 0) is 20.0 Å². The first kappa shape index (κ1) is 11.2. The molecular formula is C11H13ClN4S. The molecule has 90 valence electrons. The number of hydrogen-bond acceptors (Lipinski definition) is 4. The third kappa shape index (κ3) is 2.10. The van der Waals surface area contributed by atoms with E-state index in [9.17, 15) is 0 Å². The molecule has 0 fully saturated rings. The predicted octanol–water partition coefficient (Wildman–Crippen LogP) is 2.31. The highest BCUT2D eigenvalue weighted by Crippen LogP contribution is 2.39. The first-order chi connectivity index (χ1) is 8.24. The van der Waals surface area contributed by atoms with Crippen LogP contribution in [-0.4, -0.2) is 14.8 Å². The molecule has 1 atom stereocenters. The van der Waals surface area contributed by atoms with E-state index in [1.54, 1.807) is 17.7 Å². The Morgan fingerprint density at radius 3 is 3.29 bits per heavy atom. The van der Waals surface area contributed by atoms with Crippen molar-refractivity contribution in [1.29, 1.82) is 0 Å². The van der Waals surface area contributed by atoms with Crippen LogP contribution in [0.4, 0.5) is 0 Å². The highest BCUT2D eigenvalue weighted by atomic mass is 35.5. The van der Waals surface area contributed by atoms with Gasteiger partial charge in [0.1, 0.15) is 12.2 Å². The Balaban J connectivity index is 1.69. The van der Waals surface area contributed by atoms with E-state index < -0.39 is 0 Å². The Hall–Kier alpha value is -0.910. The Bertz CT molecular complexity index is 533. The van der Waals surface area contributed by atoms with Crippen molar-refractivity contribution in [3.8, 4) is 0 Å². The fourth-order valence-electron chi connectivity index (χ4n) is 2.22. The summed E-state index contributed by atoms with van der Waals surface area (Å²) in [6.45, 7) is 0.744. The monoisotopic (exact) mass is 268 g/mol. The van der Waals surface area contributed by atoms with Gasteiger partial charge >= 0.3 is 0 Å². The molecule has 0 spiro atoms. The van der Waals surface area contributed by atoms with Crippen LogP contribution < -0.4 is 5.32 Å². The number of rotatable bonds is 3. The second-order valence-electron chi connectivity index (χ2n) is 4.26. The van der Waals surface area contributed by atoms with Gasteiger partial charge < -0.3 is 9.88 Å². The van der Waals surface area contributed by atoms with E-state index in [0.29, 0.717) is 6.04 Å². The molecule has 0 amide bonds. The summed E-state index contributed by atoms with van der Waals surface area (Å²) in [4.78, 5) is 1.42. The number of thiophene rings is 1. The van der Waals surface area contributed by atoms with Crippen molar-refractivity contribution >= 4 is 22.9 Å². The minimum atomic E-state index is 0.408. The molecule has 1 N–H and O–H groups in total. The molecule has 1 unspecified atom stereocenters. The smallest absolute Gasteiger partial charge is 0.146 e. The van der Waals surface area contributed by atoms with E-state index in [1.165, 1.54) is 10.4 Å². The Kier molecular flexibility index (Phi) is 2.90. The first-order valence-electron chi connectivity index (χ1n) is 5.58. The number of halogens is 1. The summed E-state index contributed by atoms with van der Waals surface area (Å²) in [5.41, 5.74) is 1.36. The maximum Gasteiger partial charge on any atom is 0.146 e. The standard InChI is InChI=1S/C11H13ClN4S/c1-16-6-14-15-11(16)5-13-8-2-3-9-7(8)4-10(12)17-9/h4,6,8,13H,2-3,5H2,1H3. The Labute approximate surface area is 109 Å². The van der Waals surface area contributed by atoms with Gasteiger partial charge in [0.05, 0.1) is 10.9 Å². The van der Waals surface area contributed by atoms with E-state index in [0.717, 1.165) is 29.5 Å². The maximum absolute atomic E-state index is 6.03. The van der Waals surface area contributed by atoms with Gasteiger partial charge in [-0.25, -0.2) is 0 Å². The molecule has 0 radical (unpaired) electrons. The summed E-state index contributed by atoms with van der Waals surface area (Å²) in [5.74, 6) is 0.958. The van der Waals surface area contributed by atoms with Crippen LogP contribution in [0, 0.1) is 0 Å². The molecule has 2 heterocycles. The van der Waals surface area contributed by atoms with Gasteiger partial charge in [0, 0.05) is 18.0 Å². The van der Waals surface area contributed by atoms with Gasteiger partial charge in [-0.2, -0.15) is 0 Å². The molecule has 4 nitrogen and oxygen atoms in total. The van der Waals surface area contributed by atoms with Crippen molar-refractivity contribution in [3.63, 3.8) is 0 Å². The van der Waals surface area contributed by atoms with E-state index in [1.807, 2.05) is 11.6 Å². The van der Waals surface area contributed by atoms with Crippen molar-refractivity contribution < 1.29 is 0 Å². The molecule has 17 heavy (non-hydrogen) atoms. The summed E-state index contributed by atoms with van der Waals surface area (Å²) in [7, 11) is 1.96. The van der Waals surface area contributed by atoms with Gasteiger partial charge in [0.15, 0.2) is 0 Å². The van der Waals surface area contributed by atoms with Crippen LogP contribution >= 0.6 is 22.9 Å². The number of nitrogens with zero attached hydrogens (tertiary/aromatic N) is 3. The second kappa shape index (κ2) is 4.40. The lowest BCUT2D eigenvalue weighted by Crippen LogP contribution is -2.20. The number of aryl methyl sites for hydroxylation is 2. The zero-order valence-corrected chi connectivity index (χ0v) is 11.1. The first-order valence-corrected chi connectivity index (χ1v) is 6.78. The van der Waals surface area contributed by atoms with Crippen LogP contribution in [0.15, 0.2) is 12.4 Å². The topological polar surface area (TPSA) is 42.7 Å². The summed E-state index contributed by atoms with van der Waals surface area (Å²) in [6.07, 6.45) is 4.00. The number of nitrogens with one attached hydrogen (secondary N) is 1. The molecule has 0 aliphatic heterocycles. The molecule has 0 bridgehead atoms. The SMILES string of the molecule is Cn1cnnc1CNC1CCc2sc(Cl)cc21. The minimum absolute atomic E-state index is 0.408. The third-order valence-electron chi connectivity index (χ3n) is 3.16. The largest absolute Gasteiger partial charge is 0.320 e. The summed E-state index contributed by atoms with van der Waals surface area (Å²) in [6, 6.07) is 2.49. The molecule has 0 aromatic carbocycles. The van der Waals surface area contributed by atoms with Gasteiger partial charge in [0.2, 0.25) is 0 Å². The Morgan fingerprint density at radius 2 is 2.53 bits per heavy atom.